The summed E-state index contributed by atoms with van der Waals surface area (Å²) in [6.45, 7) is 10.5. The van der Waals surface area contributed by atoms with Gasteiger partial charge < -0.3 is 15.4 Å². The molecule has 1 aliphatic heterocycles. The normalized spacial score (nSPS) is 21.6. The standard InChI is InChI=1S/C17H28N2O/c1-14(11-16-12-20-10-9-18-16)19-13-17(2,3)15-7-5-4-6-8-15/h4-8,14,16,18-19H,9-13H2,1-3H3. The fourth-order valence-corrected chi connectivity index (χ4v) is 2.70. The fourth-order valence-electron chi connectivity index (χ4n) is 2.70. The maximum Gasteiger partial charge on any atom is 0.0620 e. The Morgan fingerprint density at radius 1 is 1.35 bits per heavy atom. The van der Waals surface area contributed by atoms with Crippen molar-refractivity contribution in [3.05, 3.63) is 35.9 Å². The first-order valence-electron chi connectivity index (χ1n) is 7.68. The predicted octanol–water partition coefficient (Wildman–Crippen LogP) is 2.32. The van der Waals surface area contributed by atoms with Crippen LogP contribution in [0.15, 0.2) is 30.3 Å². The molecule has 0 amide bonds. The molecule has 1 fully saturated rings. The Labute approximate surface area is 123 Å². The summed E-state index contributed by atoms with van der Waals surface area (Å²) in [4.78, 5) is 0. The van der Waals surface area contributed by atoms with E-state index in [0.29, 0.717) is 12.1 Å². The monoisotopic (exact) mass is 276 g/mol. The third-order valence-corrected chi connectivity index (χ3v) is 4.08. The third-order valence-electron chi connectivity index (χ3n) is 4.08. The minimum Gasteiger partial charge on any atom is -0.379 e. The van der Waals surface area contributed by atoms with Crippen molar-refractivity contribution in [2.24, 2.45) is 0 Å². The van der Waals surface area contributed by atoms with Gasteiger partial charge in [-0.1, -0.05) is 44.2 Å². The Hall–Kier alpha value is -0.900. The summed E-state index contributed by atoms with van der Waals surface area (Å²) < 4.78 is 5.51. The van der Waals surface area contributed by atoms with Crippen molar-refractivity contribution < 1.29 is 4.74 Å². The number of morpholine rings is 1. The quantitative estimate of drug-likeness (QED) is 0.836. The summed E-state index contributed by atoms with van der Waals surface area (Å²) in [5, 5.41) is 7.19. The van der Waals surface area contributed by atoms with E-state index in [1.165, 1.54) is 5.56 Å². The summed E-state index contributed by atoms with van der Waals surface area (Å²) in [7, 11) is 0. The third kappa shape index (κ3) is 4.58. The first-order valence-corrected chi connectivity index (χ1v) is 7.68. The molecular weight excluding hydrogens is 248 g/mol. The van der Waals surface area contributed by atoms with Crippen LogP contribution >= 0.6 is 0 Å². The number of hydrogen-bond donors (Lipinski definition) is 2. The molecule has 1 aliphatic rings. The largest absolute Gasteiger partial charge is 0.379 e. The highest BCUT2D eigenvalue weighted by Crippen LogP contribution is 2.22. The van der Waals surface area contributed by atoms with Crippen molar-refractivity contribution >= 4 is 0 Å². The molecular formula is C17H28N2O. The number of rotatable bonds is 6. The summed E-state index contributed by atoms with van der Waals surface area (Å²) in [5.41, 5.74) is 1.55. The van der Waals surface area contributed by atoms with Crippen LogP contribution in [0.1, 0.15) is 32.8 Å². The van der Waals surface area contributed by atoms with Gasteiger partial charge in [0.15, 0.2) is 0 Å². The molecule has 1 saturated heterocycles. The van der Waals surface area contributed by atoms with Gasteiger partial charge in [0.2, 0.25) is 0 Å². The van der Waals surface area contributed by atoms with E-state index < -0.39 is 0 Å². The Kier molecular flexibility index (Phi) is 5.58. The number of ether oxygens (including phenoxy) is 1. The maximum absolute atomic E-state index is 5.51. The molecule has 1 heterocycles. The highest BCUT2D eigenvalue weighted by atomic mass is 16.5. The zero-order valence-electron chi connectivity index (χ0n) is 13.0. The lowest BCUT2D eigenvalue weighted by atomic mass is 9.84. The van der Waals surface area contributed by atoms with Crippen molar-refractivity contribution in [1.82, 2.24) is 10.6 Å². The van der Waals surface area contributed by atoms with Gasteiger partial charge in [0.05, 0.1) is 13.2 Å². The van der Waals surface area contributed by atoms with Crippen molar-refractivity contribution in [2.45, 2.75) is 44.7 Å². The topological polar surface area (TPSA) is 33.3 Å². The van der Waals surface area contributed by atoms with E-state index in [0.717, 1.165) is 32.7 Å². The van der Waals surface area contributed by atoms with Crippen LogP contribution in [0.4, 0.5) is 0 Å². The lowest BCUT2D eigenvalue weighted by Crippen LogP contribution is -2.46. The summed E-state index contributed by atoms with van der Waals surface area (Å²) in [6.07, 6.45) is 1.12. The van der Waals surface area contributed by atoms with Crippen LogP contribution in [0.2, 0.25) is 0 Å². The van der Waals surface area contributed by atoms with E-state index in [2.05, 4.69) is 61.7 Å². The molecule has 2 atom stereocenters. The van der Waals surface area contributed by atoms with Gasteiger partial charge >= 0.3 is 0 Å². The second-order valence-corrected chi connectivity index (χ2v) is 6.49. The first-order chi connectivity index (χ1) is 9.58. The molecule has 3 heteroatoms. The SMILES string of the molecule is CC(CC1COCCN1)NCC(C)(C)c1ccccc1. The molecule has 0 aliphatic carbocycles. The first kappa shape index (κ1) is 15.5. The molecule has 2 rings (SSSR count). The fraction of sp³-hybridized carbons (Fsp3) is 0.647. The van der Waals surface area contributed by atoms with Gasteiger partial charge in [0.1, 0.15) is 0 Å². The summed E-state index contributed by atoms with van der Waals surface area (Å²) in [5.74, 6) is 0. The van der Waals surface area contributed by atoms with Crippen molar-refractivity contribution in [3.63, 3.8) is 0 Å². The molecule has 0 spiro atoms. The maximum atomic E-state index is 5.51. The van der Waals surface area contributed by atoms with Crippen LogP contribution in [0, 0.1) is 0 Å². The van der Waals surface area contributed by atoms with E-state index in [1.54, 1.807) is 0 Å². The van der Waals surface area contributed by atoms with Gasteiger partial charge in [-0.2, -0.15) is 0 Å². The molecule has 0 radical (unpaired) electrons. The minimum absolute atomic E-state index is 0.159. The molecule has 1 aromatic rings. The van der Waals surface area contributed by atoms with E-state index in [1.807, 2.05) is 0 Å². The zero-order chi connectivity index (χ0) is 14.4. The van der Waals surface area contributed by atoms with Crippen LogP contribution in [0.25, 0.3) is 0 Å². The molecule has 0 bridgehead atoms. The molecule has 0 aromatic heterocycles. The second kappa shape index (κ2) is 7.21. The number of hydrogen-bond acceptors (Lipinski definition) is 3. The van der Waals surface area contributed by atoms with Gasteiger partial charge in [-0.15, -0.1) is 0 Å². The average Bonchev–Trinajstić information content (AvgIpc) is 2.47. The highest BCUT2D eigenvalue weighted by Gasteiger charge is 2.22. The van der Waals surface area contributed by atoms with Crippen molar-refractivity contribution in [1.29, 1.82) is 0 Å². The molecule has 20 heavy (non-hydrogen) atoms. The molecule has 2 unspecified atom stereocenters. The van der Waals surface area contributed by atoms with Crippen molar-refractivity contribution in [2.75, 3.05) is 26.3 Å². The van der Waals surface area contributed by atoms with Gasteiger partial charge in [0.25, 0.3) is 0 Å². The Bertz CT molecular complexity index is 385. The summed E-state index contributed by atoms with van der Waals surface area (Å²) >= 11 is 0. The smallest absolute Gasteiger partial charge is 0.0620 e. The van der Waals surface area contributed by atoms with E-state index >= 15 is 0 Å². The second-order valence-electron chi connectivity index (χ2n) is 6.49. The predicted molar refractivity (Wildman–Crippen MR) is 84.2 cm³/mol. The molecule has 1 aromatic carbocycles. The van der Waals surface area contributed by atoms with Crippen LogP contribution < -0.4 is 10.6 Å². The molecule has 0 saturated carbocycles. The van der Waals surface area contributed by atoms with Crippen LogP contribution in [-0.4, -0.2) is 38.4 Å². The van der Waals surface area contributed by atoms with Crippen LogP contribution in [-0.2, 0) is 10.2 Å². The van der Waals surface area contributed by atoms with E-state index in [4.69, 9.17) is 4.74 Å². The van der Waals surface area contributed by atoms with E-state index in [9.17, 15) is 0 Å². The van der Waals surface area contributed by atoms with Gasteiger partial charge in [0, 0.05) is 30.6 Å². The Balaban J connectivity index is 1.78. The van der Waals surface area contributed by atoms with Crippen LogP contribution in [0.3, 0.4) is 0 Å². The number of nitrogens with one attached hydrogen (secondary N) is 2. The molecule has 2 N–H and O–H groups in total. The molecule has 3 nitrogen and oxygen atoms in total. The van der Waals surface area contributed by atoms with Gasteiger partial charge in [-0.05, 0) is 18.9 Å². The van der Waals surface area contributed by atoms with Crippen LogP contribution in [0.5, 0.6) is 0 Å². The van der Waals surface area contributed by atoms with Gasteiger partial charge in [-0.3, -0.25) is 0 Å². The van der Waals surface area contributed by atoms with E-state index in [-0.39, 0.29) is 5.41 Å². The molecule has 112 valence electrons. The van der Waals surface area contributed by atoms with Crippen molar-refractivity contribution in [3.8, 4) is 0 Å². The number of benzene rings is 1. The Morgan fingerprint density at radius 3 is 2.75 bits per heavy atom. The summed E-state index contributed by atoms with van der Waals surface area (Å²) in [6, 6.07) is 11.7. The Morgan fingerprint density at radius 2 is 2.10 bits per heavy atom. The minimum atomic E-state index is 0.159. The lowest BCUT2D eigenvalue weighted by Gasteiger charge is -2.30. The van der Waals surface area contributed by atoms with Gasteiger partial charge in [-0.25, -0.2) is 0 Å². The highest BCUT2D eigenvalue weighted by molar-refractivity contribution is 5.23. The average molecular weight is 276 g/mol. The lowest BCUT2D eigenvalue weighted by molar-refractivity contribution is 0.0710. The zero-order valence-corrected chi connectivity index (χ0v) is 13.0.